The molecular formula is C15H26N4O3. The summed E-state index contributed by atoms with van der Waals surface area (Å²) in [5.74, 6) is 0.0496. The number of rotatable bonds is 5. The number of carbonyl (C=O) groups is 2. The number of aromatic nitrogens is 2. The molecule has 22 heavy (non-hydrogen) atoms. The second-order valence-corrected chi connectivity index (χ2v) is 5.60. The molecule has 1 unspecified atom stereocenters. The van der Waals surface area contributed by atoms with Crippen LogP contribution in [0.2, 0.25) is 0 Å². The first-order valence-corrected chi connectivity index (χ1v) is 7.55. The summed E-state index contributed by atoms with van der Waals surface area (Å²) in [4.78, 5) is 28.9. The first-order chi connectivity index (χ1) is 10.5. The van der Waals surface area contributed by atoms with Gasteiger partial charge in [-0.3, -0.25) is 9.59 Å². The topological polar surface area (TPSA) is 78.7 Å². The van der Waals surface area contributed by atoms with Crippen molar-refractivity contribution >= 4 is 12.4 Å². The Labute approximate surface area is 131 Å². The summed E-state index contributed by atoms with van der Waals surface area (Å²) in [6.07, 6.45) is 6.94. The molecule has 1 aliphatic heterocycles. The molecule has 1 aromatic heterocycles. The van der Waals surface area contributed by atoms with Crippen molar-refractivity contribution in [3.05, 3.63) is 18.2 Å². The molecule has 1 amide bonds. The van der Waals surface area contributed by atoms with E-state index in [0.29, 0.717) is 11.7 Å². The number of hydrogen-bond donors (Lipinski definition) is 1. The van der Waals surface area contributed by atoms with Gasteiger partial charge in [-0.25, -0.2) is 4.98 Å². The van der Waals surface area contributed by atoms with Crippen molar-refractivity contribution in [2.45, 2.75) is 32.2 Å². The van der Waals surface area contributed by atoms with Crippen LogP contribution in [0.15, 0.2) is 12.5 Å². The lowest BCUT2D eigenvalue weighted by Gasteiger charge is -2.26. The van der Waals surface area contributed by atoms with E-state index in [2.05, 4.69) is 16.8 Å². The number of carboxylic acid groups (broad SMARTS) is 1. The predicted octanol–water partition coefficient (Wildman–Crippen LogP) is 1.07. The van der Waals surface area contributed by atoms with Gasteiger partial charge in [0.05, 0.1) is 12.5 Å². The molecule has 1 fully saturated rings. The largest absolute Gasteiger partial charge is 0.483 e. The van der Waals surface area contributed by atoms with E-state index >= 15 is 0 Å². The Morgan fingerprint density at radius 3 is 2.59 bits per heavy atom. The van der Waals surface area contributed by atoms with Crippen LogP contribution < -0.4 is 0 Å². The molecule has 1 atom stereocenters. The van der Waals surface area contributed by atoms with Crippen molar-refractivity contribution in [2.75, 3.05) is 26.7 Å². The van der Waals surface area contributed by atoms with Crippen LogP contribution in [-0.4, -0.2) is 69.6 Å². The van der Waals surface area contributed by atoms with Gasteiger partial charge in [0, 0.05) is 26.7 Å². The van der Waals surface area contributed by atoms with Crippen LogP contribution in [0.4, 0.5) is 0 Å². The average Bonchev–Trinajstić information content (AvgIpc) is 3.15. The highest BCUT2D eigenvalue weighted by Crippen LogP contribution is 2.14. The van der Waals surface area contributed by atoms with E-state index in [1.54, 1.807) is 22.0 Å². The Kier molecular flexibility index (Phi) is 7.59. The second-order valence-electron chi connectivity index (χ2n) is 5.60. The fraction of sp³-hybridized carbons (Fsp3) is 0.667. The lowest BCUT2D eigenvalue weighted by molar-refractivity contribution is -0.122. The van der Waals surface area contributed by atoms with Gasteiger partial charge in [0.1, 0.15) is 5.69 Å². The number of nitrogens with zero attached hydrogens (tertiary/aromatic N) is 4. The maximum atomic E-state index is 12.2. The van der Waals surface area contributed by atoms with Crippen molar-refractivity contribution in [3.8, 4) is 0 Å². The zero-order valence-corrected chi connectivity index (χ0v) is 13.6. The molecule has 0 aliphatic carbocycles. The molecule has 1 aromatic rings. The van der Waals surface area contributed by atoms with E-state index in [-0.39, 0.29) is 12.4 Å². The Bertz CT molecular complexity index is 469. The third-order valence-corrected chi connectivity index (χ3v) is 4.03. The zero-order chi connectivity index (χ0) is 16.5. The fourth-order valence-corrected chi connectivity index (χ4v) is 2.61. The Morgan fingerprint density at radius 2 is 2.09 bits per heavy atom. The zero-order valence-electron chi connectivity index (χ0n) is 13.6. The number of hydrogen-bond acceptors (Lipinski definition) is 4. The summed E-state index contributed by atoms with van der Waals surface area (Å²) in [5.41, 5.74) is 0.649. The molecule has 2 rings (SSSR count). The van der Waals surface area contributed by atoms with Gasteiger partial charge in [0.25, 0.3) is 12.4 Å². The van der Waals surface area contributed by atoms with Crippen LogP contribution in [-0.2, 0) is 11.8 Å². The van der Waals surface area contributed by atoms with Crippen LogP contribution in [0, 0.1) is 0 Å². The van der Waals surface area contributed by atoms with E-state index in [1.165, 1.54) is 25.9 Å². The van der Waals surface area contributed by atoms with Gasteiger partial charge in [0.2, 0.25) is 0 Å². The van der Waals surface area contributed by atoms with Crippen molar-refractivity contribution in [3.63, 3.8) is 0 Å². The molecule has 124 valence electrons. The lowest BCUT2D eigenvalue weighted by atomic mass is 10.2. The normalized spacial score (nSPS) is 15.8. The van der Waals surface area contributed by atoms with Gasteiger partial charge >= 0.3 is 0 Å². The molecular weight excluding hydrogens is 284 g/mol. The van der Waals surface area contributed by atoms with Gasteiger partial charge in [-0.2, -0.15) is 0 Å². The number of aryl methyl sites for hydroxylation is 1. The summed E-state index contributed by atoms with van der Waals surface area (Å²) >= 11 is 0. The SMILES string of the molecule is CC(CCN(C)C(=O)c1cncn1C)N1CCCC1.O=CO. The number of imidazole rings is 1. The molecule has 0 radical (unpaired) electrons. The minimum atomic E-state index is -0.250. The Balaban J connectivity index is 0.000000745. The number of likely N-dealkylation sites (tertiary alicyclic amines) is 1. The van der Waals surface area contributed by atoms with Gasteiger partial charge in [-0.05, 0) is 39.3 Å². The summed E-state index contributed by atoms with van der Waals surface area (Å²) in [6, 6.07) is 0.560. The summed E-state index contributed by atoms with van der Waals surface area (Å²) < 4.78 is 1.77. The minimum Gasteiger partial charge on any atom is -0.483 e. The molecule has 0 bridgehead atoms. The van der Waals surface area contributed by atoms with Crippen LogP contribution in [0.25, 0.3) is 0 Å². The summed E-state index contributed by atoms with van der Waals surface area (Å²) in [5, 5.41) is 6.89. The van der Waals surface area contributed by atoms with Gasteiger partial charge in [-0.15, -0.1) is 0 Å². The minimum absolute atomic E-state index is 0.0496. The van der Waals surface area contributed by atoms with Crippen LogP contribution in [0.5, 0.6) is 0 Å². The first kappa shape index (κ1) is 18.2. The molecule has 0 saturated carbocycles. The molecule has 7 heteroatoms. The van der Waals surface area contributed by atoms with E-state index in [4.69, 9.17) is 9.90 Å². The maximum absolute atomic E-state index is 12.2. The van der Waals surface area contributed by atoms with Crippen molar-refractivity contribution in [1.29, 1.82) is 0 Å². The molecule has 0 aromatic carbocycles. The quantitative estimate of drug-likeness (QED) is 0.823. The van der Waals surface area contributed by atoms with Crippen molar-refractivity contribution in [1.82, 2.24) is 19.4 Å². The second kappa shape index (κ2) is 9.19. The van der Waals surface area contributed by atoms with E-state index in [1.807, 2.05) is 14.1 Å². The van der Waals surface area contributed by atoms with Gasteiger partial charge in [-0.1, -0.05) is 0 Å². The molecule has 1 aliphatic rings. The van der Waals surface area contributed by atoms with Crippen LogP contribution in [0.1, 0.15) is 36.7 Å². The predicted molar refractivity (Wildman–Crippen MR) is 83.7 cm³/mol. The Hall–Kier alpha value is -1.89. The fourth-order valence-electron chi connectivity index (χ4n) is 2.61. The summed E-state index contributed by atoms with van der Waals surface area (Å²) in [6.45, 7) is 5.22. The number of carbonyl (C=O) groups excluding carboxylic acids is 1. The molecule has 1 saturated heterocycles. The standard InChI is InChI=1S/C14H24N4O.CH2O2/c1-12(18-7-4-5-8-18)6-9-16(2)14(19)13-10-15-11-17(13)3;2-1-3/h10-12H,4-9H2,1-3H3;1H,(H,2,3). The van der Waals surface area contributed by atoms with Gasteiger partial charge in [0.15, 0.2) is 0 Å². The molecule has 1 N–H and O–H groups in total. The van der Waals surface area contributed by atoms with E-state index in [9.17, 15) is 4.79 Å². The first-order valence-electron chi connectivity index (χ1n) is 7.55. The van der Waals surface area contributed by atoms with Gasteiger partial charge < -0.3 is 19.5 Å². The van der Waals surface area contributed by atoms with Crippen LogP contribution >= 0.6 is 0 Å². The smallest absolute Gasteiger partial charge is 0.290 e. The van der Waals surface area contributed by atoms with Crippen molar-refractivity contribution in [2.24, 2.45) is 7.05 Å². The third-order valence-electron chi connectivity index (χ3n) is 4.03. The third kappa shape index (κ3) is 5.14. The number of amides is 1. The molecule has 7 nitrogen and oxygen atoms in total. The van der Waals surface area contributed by atoms with E-state index in [0.717, 1.165) is 13.0 Å². The van der Waals surface area contributed by atoms with Crippen LogP contribution in [0.3, 0.4) is 0 Å². The molecule has 2 heterocycles. The lowest BCUT2D eigenvalue weighted by Crippen LogP contribution is -2.36. The highest BCUT2D eigenvalue weighted by atomic mass is 16.3. The van der Waals surface area contributed by atoms with E-state index < -0.39 is 0 Å². The highest BCUT2D eigenvalue weighted by molar-refractivity contribution is 5.92. The highest BCUT2D eigenvalue weighted by Gasteiger charge is 2.20. The average molecular weight is 310 g/mol. The Morgan fingerprint density at radius 1 is 1.50 bits per heavy atom. The summed E-state index contributed by atoms with van der Waals surface area (Å²) in [7, 11) is 3.72. The maximum Gasteiger partial charge on any atom is 0.290 e. The van der Waals surface area contributed by atoms with Crippen molar-refractivity contribution < 1.29 is 14.7 Å². The monoisotopic (exact) mass is 310 g/mol. The molecule has 0 spiro atoms.